The number of carbonyl (C=O) groups is 1. The molecular formula is C14H27NO2. The Morgan fingerprint density at radius 3 is 2.06 bits per heavy atom. The average Bonchev–Trinajstić information content (AvgIpc) is 2.25. The van der Waals surface area contributed by atoms with Gasteiger partial charge in [-0.3, -0.25) is 0 Å². The third-order valence-corrected chi connectivity index (χ3v) is 2.74. The van der Waals surface area contributed by atoms with Crippen molar-refractivity contribution < 1.29 is 9.90 Å². The minimum atomic E-state index is -0.842. The molecule has 17 heavy (non-hydrogen) atoms. The summed E-state index contributed by atoms with van der Waals surface area (Å²) in [5.41, 5.74) is 0. The average molecular weight is 241 g/mol. The van der Waals surface area contributed by atoms with Gasteiger partial charge in [0, 0.05) is 6.08 Å². The van der Waals surface area contributed by atoms with Crippen LogP contribution in [0.15, 0.2) is 12.2 Å². The third kappa shape index (κ3) is 15.2. The molecule has 0 saturated carbocycles. The lowest BCUT2D eigenvalue weighted by Gasteiger charge is -2.08. The SMILES string of the molecule is CN(C)CCCCCCCCCC=CC(=O)O. The van der Waals surface area contributed by atoms with Crippen LogP contribution in [0.4, 0.5) is 0 Å². The minimum absolute atomic E-state index is 0.842. The van der Waals surface area contributed by atoms with Crippen molar-refractivity contribution in [3.63, 3.8) is 0 Å². The van der Waals surface area contributed by atoms with Crippen LogP contribution in [0.5, 0.6) is 0 Å². The van der Waals surface area contributed by atoms with Crippen LogP contribution >= 0.6 is 0 Å². The first-order valence-corrected chi connectivity index (χ1v) is 6.67. The third-order valence-electron chi connectivity index (χ3n) is 2.74. The van der Waals surface area contributed by atoms with Gasteiger partial charge >= 0.3 is 5.97 Å². The highest BCUT2D eigenvalue weighted by Crippen LogP contribution is 2.08. The molecule has 0 bridgehead atoms. The second-order valence-corrected chi connectivity index (χ2v) is 4.81. The zero-order valence-corrected chi connectivity index (χ0v) is 11.3. The number of allylic oxidation sites excluding steroid dienone is 1. The molecule has 1 N–H and O–H groups in total. The van der Waals surface area contributed by atoms with Crippen LogP contribution in [0.2, 0.25) is 0 Å². The predicted octanol–water partition coefficient (Wildman–Crippen LogP) is 3.31. The summed E-state index contributed by atoms with van der Waals surface area (Å²) in [6, 6.07) is 0. The summed E-state index contributed by atoms with van der Waals surface area (Å²) in [6.45, 7) is 1.19. The normalized spacial score (nSPS) is 11.5. The van der Waals surface area contributed by atoms with Crippen LogP contribution in [0.25, 0.3) is 0 Å². The Bertz CT molecular complexity index is 212. The molecule has 0 spiro atoms. The lowest BCUT2D eigenvalue weighted by molar-refractivity contribution is -0.131. The molecule has 0 aliphatic carbocycles. The number of carboxylic acids is 1. The Balaban J connectivity index is 3.06. The van der Waals surface area contributed by atoms with Crippen molar-refractivity contribution in [2.75, 3.05) is 20.6 Å². The van der Waals surface area contributed by atoms with Crippen molar-refractivity contribution in [2.45, 2.75) is 51.4 Å². The van der Waals surface area contributed by atoms with Crippen molar-refractivity contribution in [2.24, 2.45) is 0 Å². The highest BCUT2D eigenvalue weighted by atomic mass is 16.4. The number of unbranched alkanes of at least 4 members (excludes halogenated alkanes) is 7. The Morgan fingerprint density at radius 1 is 1.00 bits per heavy atom. The Hall–Kier alpha value is -0.830. The second kappa shape index (κ2) is 11.6. The van der Waals surface area contributed by atoms with E-state index in [9.17, 15) is 4.79 Å². The highest BCUT2D eigenvalue weighted by molar-refractivity contribution is 5.79. The van der Waals surface area contributed by atoms with Crippen LogP contribution in [0.3, 0.4) is 0 Å². The maximum absolute atomic E-state index is 10.2. The largest absolute Gasteiger partial charge is 0.478 e. The number of hydrogen-bond donors (Lipinski definition) is 1. The molecular weight excluding hydrogens is 214 g/mol. The van der Waals surface area contributed by atoms with E-state index in [1.807, 2.05) is 0 Å². The lowest BCUT2D eigenvalue weighted by Crippen LogP contribution is -2.12. The van der Waals surface area contributed by atoms with E-state index in [0.29, 0.717) is 0 Å². The molecule has 0 aromatic rings. The molecule has 0 aliphatic heterocycles. The Morgan fingerprint density at radius 2 is 1.53 bits per heavy atom. The monoisotopic (exact) mass is 241 g/mol. The van der Waals surface area contributed by atoms with Gasteiger partial charge in [-0.15, -0.1) is 0 Å². The summed E-state index contributed by atoms with van der Waals surface area (Å²) in [5.74, 6) is -0.842. The molecule has 0 aromatic carbocycles. The van der Waals surface area contributed by atoms with Gasteiger partial charge in [0.15, 0.2) is 0 Å². The highest BCUT2D eigenvalue weighted by Gasteiger charge is 1.93. The molecule has 0 unspecified atom stereocenters. The molecule has 0 fully saturated rings. The standard InChI is InChI=1S/C14H27NO2/c1-15(2)13-11-9-7-5-3-4-6-8-10-12-14(16)17/h10,12H,3-9,11,13H2,1-2H3,(H,16,17). The Labute approximate surface area is 106 Å². The summed E-state index contributed by atoms with van der Waals surface area (Å²) in [6.07, 6.45) is 12.8. The van der Waals surface area contributed by atoms with Gasteiger partial charge in [-0.05, 0) is 39.9 Å². The lowest BCUT2D eigenvalue weighted by atomic mass is 10.1. The molecule has 0 aromatic heterocycles. The van der Waals surface area contributed by atoms with Crippen LogP contribution in [0.1, 0.15) is 51.4 Å². The zero-order chi connectivity index (χ0) is 12.9. The van der Waals surface area contributed by atoms with Gasteiger partial charge in [0.1, 0.15) is 0 Å². The Kier molecular flexibility index (Phi) is 11.1. The smallest absolute Gasteiger partial charge is 0.327 e. The van der Waals surface area contributed by atoms with Gasteiger partial charge in [-0.25, -0.2) is 4.79 Å². The molecule has 3 heteroatoms. The molecule has 0 rings (SSSR count). The van der Waals surface area contributed by atoms with E-state index >= 15 is 0 Å². The van der Waals surface area contributed by atoms with Crippen LogP contribution < -0.4 is 0 Å². The van der Waals surface area contributed by atoms with E-state index in [-0.39, 0.29) is 0 Å². The maximum atomic E-state index is 10.2. The van der Waals surface area contributed by atoms with Gasteiger partial charge in [-0.1, -0.05) is 38.2 Å². The summed E-state index contributed by atoms with van der Waals surface area (Å²) in [5, 5.41) is 8.39. The maximum Gasteiger partial charge on any atom is 0.327 e. The van der Waals surface area contributed by atoms with Crippen molar-refractivity contribution in [1.82, 2.24) is 4.90 Å². The fourth-order valence-corrected chi connectivity index (χ4v) is 1.76. The fraction of sp³-hybridized carbons (Fsp3) is 0.786. The molecule has 0 aliphatic rings. The fourth-order valence-electron chi connectivity index (χ4n) is 1.76. The molecule has 0 atom stereocenters. The summed E-state index contributed by atoms with van der Waals surface area (Å²) in [4.78, 5) is 12.4. The van der Waals surface area contributed by atoms with Gasteiger partial charge in [0.25, 0.3) is 0 Å². The number of rotatable bonds is 11. The first kappa shape index (κ1) is 16.2. The van der Waals surface area contributed by atoms with Crippen molar-refractivity contribution in [1.29, 1.82) is 0 Å². The van der Waals surface area contributed by atoms with E-state index in [4.69, 9.17) is 5.11 Å². The topological polar surface area (TPSA) is 40.5 Å². The van der Waals surface area contributed by atoms with Gasteiger partial charge in [-0.2, -0.15) is 0 Å². The van der Waals surface area contributed by atoms with E-state index in [1.165, 1.54) is 51.1 Å². The quantitative estimate of drug-likeness (QED) is 0.445. The summed E-state index contributed by atoms with van der Waals surface area (Å²) < 4.78 is 0. The predicted molar refractivity (Wildman–Crippen MR) is 72.3 cm³/mol. The molecule has 0 radical (unpaired) electrons. The van der Waals surface area contributed by atoms with E-state index in [2.05, 4.69) is 19.0 Å². The number of carboxylic acid groups (broad SMARTS) is 1. The number of nitrogens with zero attached hydrogens (tertiary/aromatic N) is 1. The molecule has 3 nitrogen and oxygen atoms in total. The van der Waals surface area contributed by atoms with Crippen molar-refractivity contribution in [3.8, 4) is 0 Å². The first-order chi connectivity index (χ1) is 8.13. The van der Waals surface area contributed by atoms with Crippen molar-refractivity contribution >= 4 is 5.97 Å². The van der Waals surface area contributed by atoms with Gasteiger partial charge < -0.3 is 10.0 Å². The van der Waals surface area contributed by atoms with Crippen LogP contribution in [0, 0.1) is 0 Å². The molecule has 0 heterocycles. The number of aliphatic carboxylic acids is 1. The van der Waals surface area contributed by atoms with E-state index in [0.717, 1.165) is 12.8 Å². The van der Waals surface area contributed by atoms with Crippen LogP contribution in [-0.4, -0.2) is 36.6 Å². The second-order valence-electron chi connectivity index (χ2n) is 4.81. The van der Waals surface area contributed by atoms with Gasteiger partial charge in [0.2, 0.25) is 0 Å². The van der Waals surface area contributed by atoms with E-state index < -0.39 is 5.97 Å². The molecule has 0 amide bonds. The number of hydrogen-bond acceptors (Lipinski definition) is 2. The minimum Gasteiger partial charge on any atom is -0.478 e. The van der Waals surface area contributed by atoms with Crippen LogP contribution in [-0.2, 0) is 4.79 Å². The summed E-state index contributed by atoms with van der Waals surface area (Å²) >= 11 is 0. The van der Waals surface area contributed by atoms with Gasteiger partial charge in [0.05, 0.1) is 0 Å². The molecule has 100 valence electrons. The van der Waals surface area contributed by atoms with E-state index in [1.54, 1.807) is 6.08 Å². The summed E-state index contributed by atoms with van der Waals surface area (Å²) in [7, 11) is 4.23. The first-order valence-electron chi connectivity index (χ1n) is 6.67. The molecule has 0 saturated heterocycles. The van der Waals surface area contributed by atoms with Crippen molar-refractivity contribution in [3.05, 3.63) is 12.2 Å². The zero-order valence-electron chi connectivity index (χ0n) is 11.3.